The highest BCUT2D eigenvalue weighted by Crippen LogP contribution is 2.43. The van der Waals surface area contributed by atoms with Gasteiger partial charge in [0.2, 0.25) is 0 Å². The van der Waals surface area contributed by atoms with Gasteiger partial charge >= 0.3 is 0 Å². The van der Waals surface area contributed by atoms with Gasteiger partial charge in [-0.1, -0.05) is 54.1 Å². The first-order valence-electron chi connectivity index (χ1n) is 9.64. The fourth-order valence-electron chi connectivity index (χ4n) is 4.23. The second-order valence-electron chi connectivity index (χ2n) is 7.46. The summed E-state index contributed by atoms with van der Waals surface area (Å²) in [7, 11) is 1.61. The molecule has 1 fully saturated rings. The molecule has 1 N–H and O–H groups in total. The molecular formula is C22H22N4OS. The summed E-state index contributed by atoms with van der Waals surface area (Å²) in [4.78, 5) is 10.7. The summed E-state index contributed by atoms with van der Waals surface area (Å²) in [5.41, 5.74) is 7.12. The third kappa shape index (κ3) is 2.71. The van der Waals surface area contributed by atoms with Gasteiger partial charge in [-0.05, 0) is 18.4 Å². The Morgan fingerprint density at radius 1 is 1.29 bits per heavy atom. The van der Waals surface area contributed by atoms with Crippen LogP contribution >= 0.6 is 11.3 Å². The van der Waals surface area contributed by atoms with Gasteiger partial charge in [-0.2, -0.15) is 5.10 Å². The number of thiazole rings is 1. The summed E-state index contributed by atoms with van der Waals surface area (Å²) in [6, 6.07) is 10.6. The van der Waals surface area contributed by atoms with Crippen LogP contribution in [0.15, 0.2) is 53.3 Å². The van der Waals surface area contributed by atoms with E-state index in [2.05, 4.69) is 62.8 Å². The Kier molecular flexibility index (Phi) is 4.36. The number of aromatic nitrogens is 3. The third-order valence-corrected chi connectivity index (χ3v) is 6.91. The molecule has 3 aromatic rings. The van der Waals surface area contributed by atoms with E-state index in [1.54, 1.807) is 18.4 Å². The number of hydrogen-bond donors (Lipinski definition) is 1. The van der Waals surface area contributed by atoms with Gasteiger partial charge in [0.1, 0.15) is 18.5 Å². The van der Waals surface area contributed by atoms with Gasteiger partial charge < -0.3 is 4.84 Å². The number of allylic oxidation sites excluding steroid dienone is 1. The molecule has 28 heavy (non-hydrogen) atoms. The highest BCUT2D eigenvalue weighted by Gasteiger charge is 2.39. The van der Waals surface area contributed by atoms with Crippen LogP contribution in [0.4, 0.5) is 0 Å². The van der Waals surface area contributed by atoms with E-state index in [1.165, 1.54) is 16.9 Å². The average molecular weight is 391 g/mol. The fraction of sp³-hybridized carbons (Fsp3) is 0.318. The zero-order valence-electron chi connectivity index (χ0n) is 15.8. The van der Waals surface area contributed by atoms with Crippen LogP contribution in [-0.2, 0) is 16.7 Å². The molecular weight excluding hydrogens is 368 g/mol. The van der Waals surface area contributed by atoms with Crippen molar-refractivity contribution in [1.29, 1.82) is 0 Å². The van der Waals surface area contributed by atoms with Crippen molar-refractivity contribution in [3.05, 3.63) is 75.5 Å². The molecule has 1 saturated carbocycles. The lowest BCUT2D eigenvalue weighted by atomic mass is 9.71. The van der Waals surface area contributed by atoms with E-state index in [0.29, 0.717) is 5.92 Å². The van der Waals surface area contributed by atoms with Crippen LogP contribution in [0, 0.1) is 5.92 Å². The van der Waals surface area contributed by atoms with Gasteiger partial charge in [0.05, 0.1) is 10.9 Å². The maximum Gasteiger partial charge on any atom is 0.117 e. The summed E-state index contributed by atoms with van der Waals surface area (Å²) in [5, 5.41) is 12.3. The van der Waals surface area contributed by atoms with E-state index < -0.39 is 0 Å². The zero-order valence-corrected chi connectivity index (χ0v) is 16.6. The van der Waals surface area contributed by atoms with Crippen LogP contribution in [0.5, 0.6) is 0 Å². The highest BCUT2D eigenvalue weighted by atomic mass is 32.1. The van der Waals surface area contributed by atoms with Crippen molar-refractivity contribution in [3.63, 3.8) is 0 Å². The van der Waals surface area contributed by atoms with Crippen LogP contribution in [0.1, 0.15) is 46.7 Å². The van der Waals surface area contributed by atoms with Crippen molar-refractivity contribution in [2.75, 3.05) is 7.11 Å². The molecule has 0 bridgehead atoms. The van der Waals surface area contributed by atoms with Crippen molar-refractivity contribution < 1.29 is 4.84 Å². The number of aromatic amines is 1. The Balaban J connectivity index is 1.59. The second kappa shape index (κ2) is 7.02. The van der Waals surface area contributed by atoms with Crippen molar-refractivity contribution in [2.24, 2.45) is 11.1 Å². The van der Waals surface area contributed by atoms with Crippen molar-refractivity contribution in [2.45, 2.75) is 31.1 Å². The molecule has 0 spiro atoms. The fourth-order valence-corrected chi connectivity index (χ4v) is 5.06. The molecule has 5 rings (SSSR count). The van der Waals surface area contributed by atoms with Gasteiger partial charge in [0, 0.05) is 34.7 Å². The number of nitrogens with zero attached hydrogens (tertiary/aromatic N) is 3. The Bertz CT molecular complexity index is 1020. The van der Waals surface area contributed by atoms with Crippen molar-refractivity contribution >= 4 is 23.1 Å². The first-order valence-corrected chi connectivity index (χ1v) is 10.5. The first kappa shape index (κ1) is 17.4. The number of rotatable bonds is 5. The molecule has 2 aliphatic rings. The zero-order chi connectivity index (χ0) is 19.0. The summed E-state index contributed by atoms with van der Waals surface area (Å²) in [5.74, 6) is 0.447. The molecule has 1 aromatic carbocycles. The lowest BCUT2D eigenvalue weighted by molar-refractivity contribution is 0.208. The Labute approximate surface area is 168 Å². The standard InChI is InChI=1S/C22H22N4OS/c1-27-26-20(15-6-5-7-15)21-17-10-11-22(12-18(17)24-25-21,19-13-23-14-28-19)16-8-3-2-4-9-16/h2-4,8-11,13-15H,5-7,12H2,1H3,(H,24,25)/b26-20+. The van der Waals surface area contributed by atoms with Crippen LogP contribution in [0.2, 0.25) is 0 Å². The van der Waals surface area contributed by atoms with E-state index in [0.717, 1.165) is 41.9 Å². The third-order valence-electron chi connectivity index (χ3n) is 5.96. The molecule has 0 amide bonds. The summed E-state index contributed by atoms with van der Waals surface area (Å²) in [6.07, 6.45) is 10.9. The van der Waals surface area contributed by atoms with Crippen molar-refractivity contribution in [1.82, 2.24) is 15.2 Å². The van der Waals surface area contributed by atoms with E-state index in [9.17, 15) is 0 Å². The Morgan fingerprint density at radius 2 is 2.14 bits per heavy atom. The number of nitrogens with one attached hydrogen (secondary N) is 1. The largest absolute Gasteiger partial charge is 0.399 e. The van der Waals surface area contributed by atoms with Crippen LogP contribution in [0.3, 0.4) is 0 Å². The van der Waals surface area contributed by atoms with Crippen molar-refractivity contribution in [3.8, 4) is 0 Å². The van der Waals surface area contributed by atoms with E-state index in [-0.39, 0.29) is 5.41 Å². The van der Waals surface area contributed by atoms with Gasteiger partial charge in [-0.15, -0.1) is 11.3 Å². The molecule has 142 valence electrons. The molecule has 2 heterocycles. The Hall–Kier alpha value is -2.73. The molecule has 1 atom stereocenters. The lowest BCUT2D eigenvalue weighted by Gasteiger charge is -2.33. The minimum atomic E-state index is -0.228. The molecule has 0 saturated heterocycles. The number of H-pyrrole nitrogens is 1. The van der Waals surface area contributed by atoms with E-state index in [4.69, 9.17) is 4.84 Å². The minimum absolute atomic E-state index is 0.228. The number of fused-ring (bicyclic) bond motifs is 1. The SMILES string of the molecule is CO/N=C(/c1n[nH]c2c1C=CC(c1ccccc1)(c1cncs1)C2)C1CCC1. The average Bonchev–Trinajstić information content (AvgIpc) is 3.36. The predicted molar refractivity (Wildman–Crippen MR) is 112 cm³/mol. The maximum atomic E-state index is 5.15. The number of oxime groups is 1. The topological polar surface area (TPSA) is 63.2 Å². The van der Waals surface area contributed by atoms with Gasteiger partial charge in [-0.3, -0.25) is 10.1 Å². The minimum Gasteiger partial charge on any atom is -0.399 e. The predicted octanol–water partition coefficient (Wildman–Crippen LogP) is 4.57. The molecule has 0 aliphatic heterocycles. The second-order valence-corrected chi connectivity index (χ2v) is 8.35. The van der Waals surface area contributed by atoms with E-state index in [1.807, 2.05) is 11.7 Å². The lowest BCUT2D eigenvalue weighted by Crippen LogP contribution is -2.30. The molecule has 5 nitrogen and oxygen atoms in total. The quantitative estimate of drug-likeness (QED) is 0.513. The van der Waals surface area contributed by atoms with E-state index >= 15 is 0 Å². The maximum absolute atomic E-state index is 5.15. The van der Waals surface area contributed by atoms with Gasteiger partial charge in [0.15, 0.2) is 0 Å². The number of benzene rings is 1. The van der Waals surface area contributed by atoms with Crippen LogP contribution in [-0.4, -0.2) is 28.0 Å². The molecule has 0 radical (unpaired) electrons. The molecule has 1 unspecified atom stereocenters. The molecule has 2 aromatic heterocycles. The summed E-state index contributed by atoms with van der Waals surface area (Å²) < 4.78 is 0. The van der Waals surface area contributed by atoms with Gasteiger partial charge in [0.25, 0.3) is 0 Å². The molecule has 6 heteroatoms. The monoisotopic (exact) mass is 390 g/mol. The summed E-state index contributed by atoms with van der Waals surface area (Å²) in [6.45, 7) is 0. The number of hydrogen-bond acceptors (Lipinski definition) is 5. The summed E-state index contributed by atoms with van der Waals surface area (Å²) >= 11 is 1.70. The normalized spacial score (nSPS) is 22.0. The van der Waals surface area contributed by atoms with Gasteiger partial charge in [-0.25, -0.2) is 0 Å². The van der Waals surface area contributed by atoms with Crippen LogP contribution < -0.4 is 0 Å². The molecule has 2 aliphatic carbocycles. The Morgan fingerprint density at radius 3 is 2.82 bits per heavy atom. The highest BCUT2D eigenvalue weighted by molar-refractivity contribution is 7.09. The first-order chi connectivity index (χ1) is 13.8. The van der Waals surface area contributed by atoms with Crippen LogP contribution in [0.25, 0.3) is 6.08 Å². The smallest absolute Gasteiger partial charge is 0.117 e.